The van der Waals surface area contributed by atoms with Gasteiger partial charge < -0.3 is 19.9 Å². The Hall–Kier alpha value is -2.24. The zero-order valence-electron chi connectivity index (χ0n) is 13.7. The maximum Gasteiger partial charge on any atom is 0.326 e. The number of hydrogen-bond donors (Lipinski definition) is 2. The van der Waals surface area contributed by atoms with Crippen molar-refractivity contribution in [2.45, 2.75) is 39.7 Å². The van der Waals surface area contributed by atoms with Gasteiger partial charge in [0.1, 0.15) is 19.3 Å². The predicted molar refractivity (Wildman–Crippen MR) is 85.0 cm³/mol. The molecule has 1 unspecified atom stereocenters. The molecule has 2 N–H and O–H groups in total. The summed E-state index contributed by atoms with van der Waals surface area (Å²) in [7, 11) is 0. The Morgan fingerprint density at radius 3 is 2.61 bits per heavy atom. The molecule has 1 aromatic carbocycles. The van der Waals surface area contributed by atoms with E-state index in [2.05, 4.69) is 5.32 Å². The van der Waals surface area contributed by atoms with E-state index in [1.165, 1.54) is 0 Å². The summed E-state index contributed by atoms with van der Waals surface area (Å²) in [6, 6.07) is 4.08. The number of amides is 1. The first-order valence-corrected chi connectivity index (χ1v) is 7.70. The van der Waals surface area contributed by atoms with Crippen LogP contribution in [0.1, 0.15) is 44.0 Å². The van der Waals surface area contributed by atoms with Crippen molar-refractivity contribution in [3.05, 3.63) is 23.8 Å². The highest BCUT2D eigenvalue weighted by atomic mass is 16.6. The van der Waals surface area contributed by atoms with Gasteiger partial charge in [0, 0.05) is 0 Å². The molecule has 1 heterocycles. The van der Waals surface area contributed by atoms with Crippen molar-refractivity contribution in [1.82, 2.24) is 5.32 Å². The monoisotopic (exact) mass is 321 g/mol. The number of carboxylic acid groups (broad SMARTS) is 1. The number of hydrogen-bond acceptors (Lipinski definition) is 4. The number of carbonyl (C=O) groups is 2. The molecule has 0 aliphatic carbocycles. The number of aliphatic carboxylic acids is 1. The summed E-state index contributed by atoms with van der Waals surface area (Å²) in [5.41, 5.74) is 0.297. The van der Waals surface area contributed by atoms with Gasteiger partial charge in [-0.05, 0) is 30.4 Å². The van der Waals surface area contributed by atoms with E-state index in [1.54, 1.807) is 18.2 Å². The summed E-state index contributed by atoms with van der Waals surface area (Å²) in [5, 5.41) is 11.9. The fraction of sp³-hybridized carbons (Fsp3) is 0.529. The van der Waals surface area contributed by atoms with Gasteiger partial charge in [-0.25, -0.2) is 4.79 Å². The first kappa shape index (κ1) is 17.1. The number of carboxylic acids is 1. The molecular formula is C17H23NO5. The van der Waals surface area contributed by atoms with Crippen LogP contribution in [0, 0.1) is 5.41 Å². The molecule has 0 bridgehead atoms. The largest absolute Gasteiger partial charge is 0.486 e. The van der Waals surface area contributed by atoms with Crippen LogP contribution >= 0.6 is 0 Å². The summed E-state index contributed by atoms with van der Waals surface area (Å²) < 4.78 is 10.9. The van der Waals surface area contributed by atoms with E-state index >= 15 is 0 Å². The molecule has 1 aromatic rings. The highest BCUT2D eigenvalue weighted by Crippen LogP contribution is 2.33. The lowest BCUT2D eigenvalue weighted by atomic mass is 9.88. The molecule has 1 aliphatic rings. The molecule has 1 amide bonds. The van der Waals surface area contributed by atoms with E-state index in [9.17, 15) is 14.7 Å². The zero-order valence-corrected chi connectivity index (χ0v) is 13.7. The molecule has 23 heavy (non-hydrogen) atoms. The average molecular weight is 321 g/mol. The smallest absolute Gasteiger partial charge is 0.326 e. The molecule has 0 spiro atoms. The SMILES string of the molecule is CC(C)(C)CCC(NC(=O)c1cccc2c1OCCO2)C(=O)O. The molecule has 1 aliphatic heterocycles. The van der Waals surface area contributed by atoms with Crippen molar-refractivity contribution in [2.24, 2.45) is 5.41 Å². The van der Waals surface area contributed by atoms with Crippen LogP contribution in [0.2, 0.25) is 0 Å². The van der Waals surface area contributed by atoms with Crippen molar-refractivity contribution in [3.8, 4) is 11.5 Å². The summed E-state index contributed by atoms with van der Waals surface area (Å²) in [6.07, 6.45) is 1.06. The highest BCUT2D eigenvalue weighted by Gasteiger charge is 2.26. The lowest BCUT2D eigenvalue weighted by Crippen LogP contribution is -2.41. The van der Waals surface area contributed by atoms with E-state index < -0.39 is 17.9 Å². The Morgan fingerprint density at radius 1 is 1.26 bits per heavy atom. The van der Waals surface area contributed by atoms with Crippen LogP contribution in [0.25, 0.3) is 0 Å². The zero-order chi connectivity index (χ0) is 17.0. The lowest BCUT2D eigenvalue weighted by Gasteiger charge is -2.23. The van der Waals surface area contributed by atoms with Crippen molar-refractivity contribution in [2.75, 3.05) is 13.2 Å². The van der Waals surface area contributed by atoms with Crippen LogP contribution in [0.15, 0.2) is 18.2 Å². The van der Waals surface area contributed by atoms with Crippen LogP contribution in [0.5, 0.6) is 11.5 Å². The van der Waals surface area contributed by atoms with Gasteiger partial charge in [0.25, 0.3) is 5.91 Å². The Balaban J connectivity index is 2.11. The van der Waals surface area contributed by atoms with Crippen molar-refractivity contribution >= 4 is 11.9 Å². The standard InChI is InChI=1S/C17H23NO5/c1-17(2,3)8-7-12(16(20)21)18-15(19)11-5-4-6-13-14(11)23-10-9-22-13/h4-6,12H,7-10H2,1-3H3,(H,18,19)(H,20,21). The molecule has 1 atom stereocenters. The number of benzene rings is 1. The molecule has 0 saturated carbocycles. The predicted octanol–water partition coefficient (Wildman–Crippen LogP) is 2.47. The lowest BCUT2D eigenvalue weighted by molar-refractivity contribution is -0.139. The minimum Gasteiger partial charge on any atom is -0.486 e. The molecule has 2 rings (SSSR count). The summed E-state index contributed by atoms with van der Waals surface area (Å²) >= 11 is 0. The molecule has 0 fully saturated rings. The number of para-hydroxylation sites is 1. The molecule has 6 nitrogen and oxygen atoms in total. The number of rotatable bonds is 5. The van der Waals surface area contributed by atoms with Crippen molar-refractivity contribution < 1.29 is 24.2 Å². The second-order valence-corrected chi connectivity index (χ2v) is 6.79. The van der Waals surface area contributed by atoms with Crippen molar-refractivity contribution in [3.63, 3.8) is 0 Å². The van der Waals surface area contributed by atoms with Gasteiger partial charge in [-0.1, -0.05) is 26.8 Å². The van der Waals surface area contributed by atoms with E-state index in [1.807, 2.05) is 20.8 Å². The minimum atomic E-state index is -1.04. The van der Waals surface area contributed by atoms with Gasteiger partial charge in [0.15, 0.2) is 11.5 Å². The normalized spacial score (nSPS) is 14.9. The van der Waals surface area contributed by atoms with Gasteiger partial charge in [0.2, 0.25) is 0 Å². The number of carbonyl (C=O) groups excluding carboxylic acids is 1. The third kappa shape index (κ3) is 4.61. The van der Waals surface area contributed by atoms with E-state index in [-0.39, 0.29) is 5.41 Å². The average Bonchev–Trinajstić information content (AvgIpc) is 2.49. The molecule has 6 heteroatoms. The quantitative estimate of drug-likeness (QED) is 0.870. The van der Waals surface area contributed by atoms with Gasteiger partial charge in [-0.15, -0.1) is 0 Å². The van der Waals surface area contributed by atoms with Crippen LogP contribution in [0.3, 0.4) is 0 Å². The van der Waals surface area contributed by atoms with Crippen LogP contribution in [-0.4, -0.2) is 36.2 Å². The maximum absolute atomic E-state index is 12.4. The Morgan fingerprint density at radius 2 is 1.96 bits per heavy atom. The van der Waals surface area contributed by atoms with Crippen LogP contribution < -0.4 is 14.8 Å². The first-order chi connectivity index (χ1) is 10.8. The summed E-state index contributed by atoms with van der Waals surface area (Å²) in [6.45, 7) is 6.90. The fourth-order valence-electron chi connectivity index (χ4n) is 2.32. The summed E-state index contributed by atoms with van der Waals surface area (Å²) in [4.78, 5) is 23.8. The van der Waals surface area contributed by atoms with Gasteiger partial charge >= 0.3 is 5.97 Å². The second-order valence-electron chi connectivity index (χ2n) is 6.79. The maximum atomic E-state index is 12.4. The molecular weight excluding hydrogens is 298 g/mol. The number of nitrogens with one attached hydrogen (secondary N) is 1. The second kappa shape index (κ2) is 6.89. The third-order valence-electron chi connectivity index (χ3n) is 3.60. The van der Waals surface area contributed by atoms with Crippen LogP contribution in [0.4, 0.5) is 0 Å². The van der Waals surface area contributed by atoms with E-state index in [0.29, 0.717) is 43.1 Å². The molecule has 0 saturated heterocycles. The van der Waals surface area contributed by atoms with Gasteiger partial charge in [-0.3, -0.25) is 4.79 Å². The molecule has 126 valence electrons. The minimum absolute atomic E-state index is 0.00128. The Bertz CT molecular complexity index is 591. The van der Waals surface area contributed by atoms with Crippen molar-refractivity contribution in [1.29, 1.82) is 0 Å². The Labute approximate surface area is 135 Å². The number of fused-ring (bicyclic) bond motifs is 1. The summed E-state index contributed by atoms with van der Waals surface area (Å²) in [5.74, 6) is -0.625. The first-order valence-electron chi connectivity index (χ1n) is 7.70. The van der Waals surface area contributed by atoms with E-state index in [4.69, 9.17) is 9.47 Å². The molecule has 0 radical (unpaired) electrons. The highest BCUT2D eigenvalue weighted by molar-refractivity contribution is 5.99. The topological polar surface area (TPSA) is 84.9 Å². The van der Waals surface area contributed by atoms with Crippen LogP contribution in [-0.2, 0) is 4.79 Å². The fourth-order valence-corrected chi connectivity index (χ4v) is 2.32. The Kier molecular flexibility index (Phi) is 5.13. The number of ether oxygens (including phenoxy) is 2. The third-order valence-corrected chi connectivity index (χ3v) is 3.60. The van der Waals surface area contributed by atoms with Gasteiger partial charge in [0.05, 0.1) is 5.56 Å². The van der Waals surface area contributed by atoms with E-state index in [0.717, 1.165) is 0 Å². The van der Waals surface area contributed by atoms with Gasteiger partial charge in [-0.2, -0.15) is 0 Å². The molecule has 0 aromatic heterocycles.